The smallest absolute Gasteiger partial charge is 0.282 e. The number of rotatable bonds is 6. The van der Waals surface area contributed by atoms with E-state index in [4.69, 9.17) is 26.1 Å². The van der Waals surface area contributed by atoms with E-state index in [0.717, 1.165) is 10.9 Å². The third-order valence-electron chi connectivity index (χ3n) is 4.95. The van der Waals surface area contributed by atoms with Gasteiger partial charge in [0.05, 0.1) is 35.4 Å². The molecule has 0 amide bonds. The first-order valence-corrected chi connectivity index (χ1v) is 11.5. The lowest BCUT2D eigenvalue weighted by Gasteiger charge is -2.21. The fraction of sp³-hybridized carbons (Fsp3) is 0.375. The van der Waals surface area contributed by atoms with E-state index in [1.807, 2.05) is 46.8 Å². The van der Waals surface area contributed by atoms with E-state index in [1.54, 1.807) is 31.5 Å². The van der Waals surface area contributed by atoms with Crippen LogP contribution in [0.2, 0.25) is 5.02 Å². The van der Waals surface area contributed by atoms with Crippen LogP contribution >= 0.6 is 27.5 Å². The SMILES string of the molecule is CC[C@@H](C)Oc1c(Cl)cc(C=Nn2c(C(C)(C)C)nc3ccc(Br)cc3c2=O)cc1OC. The zero-order valence-electron chi connectivity index (χ0n) is 19.1. The van der Waals surface area contributed by atoms with Crippen molar-refractivity contribution in [2.24, 2.45) is 5.10 Å². The first kappa shape index (κ1) is 24.3. The number of hydrogen-bond donors (Lipinski definition) is 0. The molecule has 0 saturated heterocycles. The average Bonchev–Trinajstić information content (AvgIpc) is 2.73. The van der Waals surface area contributed by atoms with E-state index < -0.39 is 5.41 Å². The molecule has 0 aliphatic heterocycles. The van der Waals surface area contributed by atoms with Crippen LogP contribution in [0.4, 0.5) is 0 Å². The van der Waals surface area contributed by atoms with E-state index in [1.165, 1.54) is 4.68 Å². The molecule has 0 saturated carbocycles. The van der Waals surface area contributed by atoms with Crippen LogP contribution < -0.4 is 15.0 Å². The molecule has 0 fully saturated rings. The van der Waals surface area contributed by atoms with Gasteiger partial charge in [0.2, 0.25) is 0 Å². The second-order valence-corrected chi connectivity index (χ2v) is 9.90. The minimum atomic E-state index is -0.402. The van der Waals surface area contributed by atoms with Crippen molar-refractivity contribution in [3.63, 3.8) is 0 Å². The van der Waals surface area contributed by atoms with E-state index in [2.05, 4.69) is 21.0 Å². The van der Waals surface area contributed by atoms with E-state index in [0.29, 0.717) is 38.8 Å². The van der Waals surface area contributed by atoms with Crippen LogP contribution in [0.25, 0.3) is 10.9 Å². The maximum atomic E-state index is 13.3. The zero-order valence-corrected chi connectivity index (χ0v) is 21.4. The fourth-order valence-electron chi connectivity index (χ4n) is 3.08. The molecule has 0 aliphatic carbocycles. The third kappa shape index (κ3) is 5.15. The van der Waals surface area contributed by atoms with Gasteiger partial charge in [0.1, 0.15) is 5.82 Å². The van der Waals surface area contributed by atoms with Crippen molar-refractivity contribution in [3.8, 4) is 11.5 Å². The van der Waals surface area contributed by atoms with Crippen LogP contribution in [0.3, 0.4) is 0 Å². The molecule has 0 bridgehead atoms. The molecular weight excluding hydrogens is 494 g/mol. The van der Waals surface area contributed by atoms with E-state index in [9.17, 15) is 4.79 Å². The van der Waals surface area contributed by atoms with Gasteiger partial charge in [0.15, 0.2) is 11.5 Å². The normalized spacial score (nSPS) is 13.0. The lowest BCUT2D eigenvalue weighted by Crippen LogP contribution is -2.29. The Morgan fingerprint density at radius 1 is 1.28 bits per heavy atom. The summed E-state index contributed by atoms with van der Waals surface area (Å²) in [6.07, 6.45) is 2.41. The highest BCUT2D eigenvalue weighted by atomic mass is 79.9. The molecule has 3 aromatic rings. The molecular formula is C24H27BrClN3O3. The number of fused-ring (bicyclic) bond motifs is 1. The molecule has 0 radical (unpaired) electrons. The molecule has 1 atom stereocenters. The quantitative estimate of drug-likeness (QED) is 0.364. The Morgan fingerprint density at radius 3 is 2.62 bits per heavy atom. The number of methoxy groups -OCH3 is 1. The van der Waals surface area contributed by atoms with E-state index >= 15 is 0 Å². The van der Waals surface area contributed by atoms with Crippen molar-refractivity contribution in [3.05, 3.63) is 61.6 Å². The number of nitrogens with zero attached hydrogens (tertiary/aromatic N) is 3. The lowest BCUT2D eigenvalue weighted by molar-refractivity contribution is 0.208. The molecule has 2 aromatic carbocycles. The zero-order chi connectivity index (χ0) is 23.6. The van der Waals surface area contributed by atoms with Gasteiger partial charge < -0.3 is 9.47 Å². The molecule has 0 spiro atoms. The van der Waals surface area contributed by atoms with Crippen LogP contribution in [0.1, 0.15) is 52.4 Å². The molecule has 8 heteroatoms. The first-order valence-electron chi connectivity index (χ1n) is 10.4. The monoisotopic (exact) mass is 519 g/mol. The summed E-state index contributed by atoms with van der Waals surface area (Å²) in [5, 5.41) is 5.39. The number of hydrogen-bond acceptors (Lipinski definition) is 5. The average molecular weight is 521 g/mol. The maximum Gasteiger partial charge on any atom is 0.282 e. The molecule has 0 N–H and O–H groups in total. The number of benzene rings is 2. The summed E-state index contributed by atoms with van der Waals surface area (Å²) in [6, 6.07) is 8.96. The van der Waals surface area contributed by atoms with Gasteiger partial charge in [0.25, 0.3) is 5.56 Å². The van der Waals surface area contributed by atoms with Gasteiger partial charge in [-0.25, -0.2) is 4.98 Å². The van der Waals surface area contributed by atoms with Gasteiger partial charge in [-0.05, 0) is 49.2 Å². The largest absolute Gasteiger partial charge is 0.493 e. The Morgan fingerprint density at radius 2 is 2.00 bits per heavy atom. The Kier molecular flexibility index (Phi) is 7.30. The van der Waals surface area contributed by atoms with Crippen LogP contribution in [0.15, 0.2) is 44.7 Å². The Balaban J connectivity index is 2.13. The molecule has 32 heavy (non-hydrogen) atoms. The number of aromatic nitrogens is 2. The van der Waals surface area contributed by atoms with Gasteiger partial charge in [0, 0.05) is 9.89 Å². The summed E-state index contributed by atoms with van der Waals surface area (Å²) in [7, 11) is 1.56. The fourth-order valence-corrected chi connectivity index (χ4v) is 3.70. The Hall–Kier alpha value is -2.38. The van der Waals surface area contributed by atoms with Gasteiger partial charge in [-0.3, -0.25) is 4.79 Å². The summed E-state index contributed by atoms with van der Waals surface area (Å²) in [5.74, 6) is 1.55. The summed E-state index contributed by atoms with van der Waals surface area (Å²) >= 11 is 9.90. The van der Waals surface area contributed by atoms with Crippen LogP contribution in [-0.4, -0.2) is 29.1 Å². The Labute approximate surface area is 201 Å². The second-order valence-electron chi connectivity index (χ2n) is 8.58. The predicted molar refractivity (Wildman–Crippen MR) is 134 cm³/mol. The first-order chi connectivity index (χ1) is 15.0. The highest BCUT2D eigenvalue weighted by Gasteiger charge is 2.23. The third-order valence-corrected chi connectivity index (χ3v) is 5.72. The minimum Gasteiger partial charge on any atom is -0.493 e. The molecule has 0 unspecified atom stereocenters. The summed E-state index contributed by atoms with van der Waals surface area (Å²) in [4.78, 5) is 18.0. The van der Waals surface area contributed by atoms with Gasteiger partial charge in [-0.2, -0.15) is 9.78 Å². The lowest BCUT2D eigenvalue weighted by atomic mass is 9.95. The maximum absolute atomic E-state index is 13.3. The summed E-state index contributed by atoms with van der Waals surface area (Å²) in [5.41, 5.74) is 0.656. The van der Waals surface area contributed by atoms with Crippen LogP contribution in [0.5, 0.6) is 11.5 Å². The van der Waals surface area contributed by atoms with Crippen LogP contribution in [-0.2, 0) is 5.41 Å². The molecule has 6 nitrogen and oxygen atoms in total. The summed E-state index contributed by atoms with van der Waals surface area (Å²) < 4.78 is 13.5. The Bertz CT molecular complexity index is 1230. The summed E-state index contributed by atoms with van der Waals surface area (Å²) in [6.45, 7) is 9.98. The molecule has 3 rings (SSSR count). The van der Waals surface area contributed by atoms with Crippen molar-refractivity contribution in [1.82, 2.24) is 9.66 Å². The van der Waals surface area contributed by atoms with Gasteiger partial charge >= 0.3 is 0 Å². The van der Waals surface area contributed by atoms with Crippen molar-refractivity contribution >= 4 is 44.6 Å². The van der Waals surface area contributed by atoms with Crippen molar-refractivity contribution in [1.29, 1.82) is 0 Å². The van der Waals surface area contributed by atoms with Crippen molar-refractivity contribution in [2.75, 3.05) is 7.11 Å². The predicted octanol–water partition coefficient (Wildman–Crippen LogP) is 6.18. The second kappa shape index (κ2) is 9.63. The standard InChI is InChI=1S/C24H27BrClN3O3/c1-7-14(2)32-21-18(26)10-15(11-20(21)31-6)13-27-29-22(30)17-12-16(25)8-9-19(17)28-23(29)24(3,4)5/h8-14H,7H2,1-6H3/t14-/m1/s1. The highest BCUT2D eigenvalue weighted by molar-refractivity contribution is 9.10. The minimum absolute atomic E-state index is 0.00293. The van der Waals surface area contributed by atoms with Crippen molar-refractivity contribution in [2.45, 2.75) is 52.6 Å². The van der Waals surface area contributed by atoms with E-state index in [-0.39, 0.29) is 11.7 Å². The highest BCUT2D eigenvalue weighted by Crippen LogP contribution is 2.37. The van der Waals surface area contributed by atoms with Crippen LogP contribution in [0, 0.1) is 0 Å². The van der Waals surface area contributed by atoms with Crippen molar-refractivity contribution < 1.29 is 9.47 Å². The molecule has 170 valence electrons. The number of halogens is 2. The molecule has 1 aromatic heterocycles. The topological polar surface area (TPSA) is 65.7 Å². The number of ether oxygens (including phenoxy) is 2. The van der Waals surface area contributed by atoms with Gasteiger partial charge in [-0.15, -0.1) is 0 Å². The molecule has 1 heterocycles. The van der Waals surface area contributed by atoms with Gasteiger partial charge in [-0.1, -0.05) is 55.2 Å². The molecule has 0 aliphatic rings.